The van der Waals surface area contributed by atoms with E-state index in [0.29, 0.717) is 11.3 Å². The number of benzene rings is 1. The first kappa shape index (κ1) is 11.5. The van der Waals surface area contributed by atoms with E-state index in [-0.39, 0.29) is 12.1 Å². The number of aliphatic carboxylic acids is 1. The summed E-state index contributed by atoms with van der Waals surface area (Å²) in [5.74, 6) is -1.08. The van der Waals surface area contributed by atoms with Crippen molar-refractivity contribution in [2.24, 2.45) is 0 Å². The summed E-state index contributed by atoms with van der Waals surface area (Å²) in [5, 5.41) is 11.4. The average Bonchev–Trinajstić information content (AvgIpc) is 2.26. The van der Waals surface area contributed by atoms with Crippen molar-refractivity contribution in [3.05, 3.63) is 34.9 Å². The Hall–Kier alpha value is -1.98. The summed E-state index contributed by atoms with van der Waals surface area (Å²) in [6, 6.07) is 3.17. The van der Waals surface area contributed by atoms with E-state index in [1.54, 1.807) is 0 Å². The SMILES string of the molecule is O=C(O)C1=Cc2ccc(C(F)(F)F)cc2NC1. The number of alkyl halides is 3. The molecule has 1 heterocycles. The second-order valence-electron chi connectivity index (χ2n) is 3.63. The summed E-state index contributed by atoms with van der Waals surface area (Å²) >= 11 is 0. The lowest BCUT2D eigenvalue weighted by atomic mass is 10.0. The highest BCUT2D eigenvalue weighted by Crippen LogP contribution is 2.34. The van der Waals surface area contributed by atoms with Gasteiger partial charge in [-0.15, -0.1) is 0 Å². The number of anilines is 1. The van der Waals surface area contributed by atoms with Gasteiger partial charge in [0.05, 0.1) is 11.1 Å². The van der Waals surface area contributed by atoms with Crippen LogP contribution in [0, 0.1) is 0 Å². The van der Waals surface area contributed by atoms with Crippen LogP contribution in [0.15, 0.2) is 23.8 Å². The van der Waals surface area contributed by atoms with Crippen molar-refractivity contribution in [3.63, 3.8) is 0 Å². The minimum atomic E-state index is -4.40. The number of nitrogens with one attached hydrogen (secondary N) is 1. The molecule has 0 aliphatic carbocycles. The van der Waals surface area contributed by atoms with Crippen molar-refractivity contribution >= 4 is 17.7 Å². The summed E-state index contributed by atoms with van der Waals surface area (Å²) in [4.78, 5) is 10.7. The smallest absolute Gasteiger partial charge is 0.416 e. The zero-order chi connectivity index (χ0) is 12.6. The largest absolute Gasteiger partial charge is 0.478 e. The van der Waals surface area contributed by atoms with E-state index in [1.165, 1.54) is 12.1 Å². The highest BCUT2D eigenvalue weighted by molar-refractivity contribution is 5.96. The molecule has 0 atom stereocenters. The Kier molecular flexibility index (Phi) is 2.57. The molecule has 1 aliphatic heterocycles. The standard InChI is InChI=1S/C11H8F3NO2/c12-11(13,14)8-2-1-6-3-7(10(16)17)5-15-9(6)4-8/h1-4,15H,5H2,(H,16,17). The van der Waals surface area contributed by atoms with E-state index in [1.807, 2.05) is 0 Å². The molecule has 1 aromatic rings. The molecule has 3 nitrogen and oxygen atoms in total. The first-order valence-electron chi connectivity index (χ1n) is 4.77. The number of halogens is 3. The fraction of sp³-hybridized carbons (Fsp3) is 0.182. The van der Waals surface area contributed by atoms with Crippen molar-refractivity contribution in [2.45, 2.75) is 6.18 Å². The van der Waals surface area contributed by atoms with Crippen LogP contribution in [0.3, 0.4) is 0 Å². The van der Waals surface area contributed by atoms with Crippen LogP contribution in [-0.2, 0) is 11.0 Å². The highest BCUT2D eigenvalue weighted by Gasteiger charge is 2.31. The van der Waals surface area contributed by atoms with Crippen LogP contribution in [0.5, 0.6) is 0 Å². The van der Waals surface area contributed by atoms with Gasteiger partial charge in [0.15, 0.2) is 0 Å². The maximum Gasteiger partial charge on any atom is 0.416 e. The number of carboxylic acids is 1. The summed E-state index contributed by atoms with van der Waals surface area (Å²) in [6.07, 6.45) is -3.03. The van der Waals surface area contributed by atoms with Gasteiger partial charge in [-0.25, -0.2) is 4.79 Å². The van der Waals surface area contributed by atoms with E-state index in [0.717, 1.165) is 12.1 Å². The normalized spacial score (nSPS) is 14.6. The first-order chi connectivity index (χ1) is 7.88. The van der Waals surface area contributed by atoms with Gasteiger partial charge in [-0.3, -0.25) is 0 Å². The molecule has 0 aromatic heterocycles. The Labute approximate surface area is 94.6 Å². The van der Waals surface area contributed by atoms with Gasteiger partial charge in [0.1, 0.15) is 0 Å². The van der Waals surface area contributed by atoms with Crippen molar-refractivity contribution in [1.82, 2.24) is 0 Å². The predicted octanol–water partition coefficient (Wildman–Crippen LogP) is 2.60. The number of fused-ring (bicyclic) bond motifs is 1. The fourth-order valence-electron chi connectivity index (χ4n) is 1.58. The topological polar surface area (TPSA) is 49.3 Å². The van der Waals surface area contributed by atoms with Gasteiger partial charge in [0, 0.05) is 12.2 Å². The van der Waals surface area contributed by atoms with E-state index >= 15 is 0 Å². The monoisotopic (exact) mass is 243 g/mol. The van der Waals surface area contributed by atoms with Gasteiger partial charge < -0.3 is 10.4 Å². The van der Waals surface area contributed by atoms with Crippen LogP contribution in [0.25, 0.3) is 6.08 Å². The molecule has 0 spiro atoms. The molecule has 0 bridgehead atoms. The van der Waals surface area contributed by atoms with Crippen molar-refractivity contribution < 1.29 is 23.1 Å². The van der Waals surface area contributed by atoms with Gasteiger partial charge >= 0.3 is 12.1 Å². The van der Waals surface area contributed by atoms with Crippen LogP contribution in [-0.4, -0.2) is 17.6 Å². The summed E-state index contributed by atoms with van der Waals surface area (Å²) in [5.41, 5.74) is 0.111. The summed E-state index contributed by atoms with van der Waals surface area (Å²) in [6.45, 7) is 0.0175. The molecule has 17 heavy (non-hydrogen) atoms. The van der Waals surface area contributed by atoms with Gasteiger partial charge in [0.2, 0.25) is 0 Å². The first-order valence-corrected chi connectivity index (χ1v) is 4.77. The molecule has 0 saturated heterocycles. The number of carbonyl (C=O) groups is 1. The minimum Gasteiger partial charge on any atom is -0.478 e. The molecule has 1 aliphatic rings. The van der Waals surface area contributed by atoms with Crippen LogP contribution in [0.1, 0.15) is 11.1 Å². The second-order valence-corrected chi connectivity index (χ2v) is 3.63. The molecule has 2 rings (SSSR count). The molecule has 0 amide bonds. The highest BCUT2D eigenvalue weighted by atomic mass is 19.4. The summed E-state index contributed by atoms with van der Waals surface area (Å²) in [7, 11) is 0. The van der Waals surface area contributed by atoms with Crippen LogP contribution in [0.2, 0.25) is 0 Å². The van der Waals surface area contributed by atoms with Crippen molar-refractivity contribution in [3.8, 4) is 0 Å². The van der Waals surface area contributed by atoms with E-state index in [2.05, 4.69) is 5.32 Å². The molecular weight excluding hydrogens is 235 g/mol. The van der Waals surface area contributed by atoms with E-state index in [9.17, 15) is 18.0 Å². The third-order valence-corrected chi connectivity index (χ3v) is 2.45. The molecule has 90 valence electrons. The minimum absolute atomic E-state index is 0.0175. The quantitative estimate of drug-likeness (QED) is 0.797. The van der Waals surface area contributed by atoms with Gasteiger partial charge in [-0.2, -0.15) is 13.2 Å². The van der Waals surface area contributed by atoms with Crippen LogP contribution < -0.4 is 5.32 Å². The predicted molar refractivity (Wildman–Crippen MR) is 55.5 cm³/mol. The number of rotatable bonds is 1. The third kappa shape index (κ3) is 2.25. The lowest BCUT2D eigenvalue weighted by Gasteiger charge is -2.18. The third-order valence-electron chi connectivity index (χ3n) is 2.45. The Morgan fingerprint density at radius 1 is 1.35 bits per heavy atom. The Bertz CT molecular complexity index is 506. The molecule has 0 unspecified atom stereocenters. The van der Waals surface area contributed by atoms with Crippen LogP contribution in [0.4, 0.5) is 18.9 Å². The molecule has 0 saturated carbocycles. The van der Waals surface area contributed by atoms with Crippen molar-refractivity contribution in [1.29, 1.82) is 0 Å². The zero-order valence-electron chi connectivity index (χ0n) is 8.51. The van der Waals surface area contributed by atoms with E-state index in [4.69, 9.17) is 5.11 Å². The molecule has 0 fully saturated rings. The molecule has 1 aromatic carbocycles. The summed E-state index contributed by atoms with van der Waals surface area (Å²) < 4.78 is 37.3. The van der Waals surface area contributed by atoms with Crippen LogP contribution >= 0.6 is 0 Å². The zero-order valence-corrected chi connectivity index (χ0v) is 8.51. The maximum absolute atomic E-state index is 12.4. The number of hydrogen-bond acceptors (Lipinski definition) is 2. The Balaban J connectivity index is 2.42. The lowest BCUT2D eigenvalue weighted by molar-refractivity contribution is -0.137. The second kappa shape index (κ2) is 3.80. The molecular formula is C11H8F3NO2. The van der Waals surface area contributed by atoms with E-state index < -0.39 is 17.7 Å². The number of carboxylic acid groups (broad SMARTS) is 1. The Morgan fingerprint density at radius 3 is 2.65 bits per heavy atom. The maximum atomic E-state index is 12.4. The number of hydrogen-bond donors (Lipinski definition) is 2. The average molecular weight is 243 g/mol. The Morgan fingerprint density at radius 2 is 2.06 bits per heavy atom. The molecule has 0 radical (unpaired) electrons. The molecule has 6 heteroatoms. The van der Waals surface area contributed by atoms with Crippen molar-refractivity contribution in [2.75, 3.05) is 11.9 Å². The fourth-order valence-corrected chi connectivity index (χ4v) is 1.58. The van der Waals surface area contributed by atoms with Gasteiger partial charge in [-0.05, 0) is 23.8 Å². The lowest BCUT2D eigenvalue weighted by Crippen LogP contribution is -2.17. The van der Waals surface area contributed by atoms with Gasteiger partial charge in [0.25, 0.3) is 0 Å². The molecule has 2 N–H and O–H groups in total. The van der Waals surface area contributed by atoms with Gasteiger partial charge in [-0.1, -0.05) is 6.07 Å².